The highest BCUT2D eigenvalue weighted by atomic mass is 19.1. The fourth-order valence-electron chi connectivity index (χ4n) is 2.04. The number of halogens is 1. The Bertz CT molecular complexity index is 662. The van der Waals surface area contributed by atoms with Gasteiger partial charge in [-0.15, -0.1) is 0 Å². The Hall–Kier alpha value is -2.60. The van der Waals surface area contributed by atoms with E-state index in [9.17, 15) is 9.18 Å². The molecule has 0 radical (unpaired) electrons. The summed E-state index contributed by atoms with van der Waals surface area (Å²) in [5, 5.41) is 14.3. The molecule has 128 valence electrons. The number of hydrogen-bond acceptors (Lipinski definition) is 3. The Kier molecular flexibility index (Phi) is 6.57. The van der Waals surface area contributed by atoms with Gasteiger partial charge in [0.25, 0.3) is 0 Å². The maximum atomic E-state index is 13.1. The Labute approximate surface area is 140 Å². The number of hydrogen-bond donors (Lipinski definition) is 3. The third-order valence-corrected chi connectivity index (χ3v) is 3.38. The molecule has 0 fully saturated rings. The van der Waals surface area contributed by atoms with E-state index in [4.69, 9.17) is 9.84 Å². The van der Waals surface area contributed by atoms with E-state index in [-0.39, 0.29) is 24.4 Å². The van der Waals surface area contributed by atoms with Crippen molar-refractivity contribution in [1.82, 2.24) is 5.32 Å². The van der Waals surface area contributed by atoms with Gasteiger partial charge in [0.05, 0.1) is 0 Å². The standard InChI is InChI=1S/C18H21FN2O3/c1-13(9-10-22)12-20-18(23)21-15-5-7-16(8-6-15)24-17-4-2-3-14(19)11-17/h2-8,11,13,22H,9-10,12H2,1H3,(H2,20,21,23). The first-order chi connectivity index (χ1) is 11.6. The number of aliphatic hydroxyl groups is 1. The first-order valence-corrected chi connectivity index (χ1v) is 7.76. The number of nitrogens with one attached hydrogen (secondary N) is 2. The molecular formula is C18H21FN2O3. The highest BCUT2D eigenvalue weighted by Gasteiger charge is 2.06. The van der Waals surface area contributed by atoms with Crippen molar-refractivity contribution in [2.24, 2.45) is 5.92 Å². The van der Waals surface area contributed by atoms with E-state index in [1.165, 1.54) is 12.1 Å². The summed E-state index contributed by atoms with van der Waals surface area (Å²) < 4.78 is 18.6. The zero-order valence-corrected chi connectivity index (χ0v) is 13.5. The van der Waals surface area contributed by atoms with Crippen molar-refractivity contribution in [3.63, 3.8) is 0 Å². The second-order valence-electron chi connectivity index (χ2n) is 5.54. The predicted octanol–water partition coefficient (Wildman–Crippen LogP) is 3.76. The zero-order chi connectivity index (χ0) is 17.4. The lowest BCUT2D eigenvalue weighted by atomic mass is 10.1. The predicted molar refractivity (Wildman–Crippen MR) is 90.8 cm³/mol. The van der Waals surface area contributed by atoms with Gasteiger partial charge in [-0.05, 0) is 48.7 Å². The van der Waals surface area contributed by atoms with E-state index >= 15 is 0 Å². The molecule has 0 saturated carbocycles. The molecule has 0 aliphatic rings. The Balaban J connectivity index is 1.84. The van der Waals surface area contributed by atoms with Crippen molar-refractivity contribution < 1.29 is 19.0 Å². The smallest absolute Gasteiger partial charge is 0.319 e. The number of anilines is 1. The molecule has 0 bridgehead atoms. The van der Waals surface area contributed by atoms with Crippen LogP contribution in [0.1, 0.15) is 13.3 Å². The number of urea groups is 1. The molecule has 2 aromatic rings. The van der Waals surface area contributed by atoms with Gasteiger partial charge in [-0.2, -0.15) is 0 Å². The normalized spacial score (nSPS) is 11.6. The zero-order valence-electron chi connectivity index (χ0n) is 13.5. The lowest BCUT2D eigenvalue weighted by Crippen LogP contribution is -2.32. The van der Waals surface area contributed by atoms with Crippen LogP contribution in [-0.4, -0.2) is 24.3 Å². The van der Waals surface area contributed by atoms with Crippen molar-refractivity contribution in [2.75, 3.05) is 18.5 Å². The number of amides is 2. The van der Waals surface area contributed by atoms with E-state index in [0.29, 0.717) is 30.2 Å². The molecule has 0 heterocycles. The van der Waals surface area contributed by atoms with Gasteiger partial charge < -0.3 is 20.5 Å². The molecular weight excluding hydrogens is 311 g/mol. The van der Waals surface area contributed by atoms with Crippen LogP contribution in [-0.2, 0) is 0 Å². The average Bonchev–Trinajstić information content (AvgIpc) is 2.55. The molecule has 6 heteroatoms. The van der Waals surface area contributed by atoms with E-state index in [0.717, 1.165) is 0 Å². The van der Waals surface area contributed by atoms with Crippen LogP contribution in [0.3, 0.4) is 0 Å². The minimum atomic E-state index is -0.363. The third kappa shape index (κ3) is 5.89. The van der Waals surface area contributed by atoms with Crippen molar-refractivity contribution in [2.45, 2.75) is 13.3 Å². The van der Waals surface area contributed by atoms with Gasteiger partial charge in [0.1, 0.15) is 17.3 Å². The molecule has 3 N–H and O–H groups in total. The van der Waals surface area contributed by atoms with Gasteiger partial charge in [-0.1, -0.05) is 13.0 Å². The average molecular weight is 332 g/mol. The first kappa shape index (κ1) is 17.7. The van der Waals surface area contributed by atoms with Gasteiger partial charge in [-0.3, -0.25) is 0 Å². The van der Waals surface area contributed by atoms with E-state index in [2.05, 4.69) is 10.6 Å². The van der Waals surface area contributed by atoms with Crippen LogP contribution in [0, 0.1) is 11.7 Å². The lowest BCUT2D eigenvalue weighted by Gasteiger charge is -2.12. The van der Waals surface area contributed by atoms with Crippen LogP contribution >= 0.6 is 0 Å². The molecule has 24 heavy (non-hydrogen) atoms. The summed E-state index contributed by atoms with van der Waals surface area (Å²) in [7, 11) is 0. The number of ether oxygens (including phenoxy) is 1. The maximum absolute atomic E-state index is 13.1. The largest absolute Gasteiger partial charge is 0.457 e. The van der Waals surface area contributed by atoms with Crippen LogP contribution < -0.4 is 15.4 Å². The minimum absolute atomic E-state index is 0.108. The summed E-state index contributed by atoms with van der Waals surface area (Å²) in [5.41, 5.74) is 0.619. The Morgan fingerprint density at radius 3 is 2.62 bits per heavy atom. The molecule has 0 saturated heterocycles. The summed E-state index contributed by atoms with van der Waals surface area (Å²) in [4.78, 5) is 11.8. The number of carbonyl (C=O) groups excluding carboxylic acids is 1. The highest BCUT2D eigenvalue weighted by molar-refractivity contribution is 5.89. The van der Waals surface area contributed by atoms with Crippen LogP contribution in [0.25, 0.3) is 0 Å². The fraction of sp³-hybridized carbons (Fsp3) is 0.278. The maximum Gasteiger partial charge on any atom is 0.319 e. The topological polar surface area (TPSA) is 70.6 Å². The number of benzene rings is 2. The van der Waals surface area contributed by atoms with Crippen molar-refractivity contribution >= 4 is 11.7 Å². The van der Waals surface area contributed by atoms with Crippen molar-refractivity contribution in [1.29, 1.82) is 0 Å². The monoisotopic (exact) mass is 332 g/mol. The molecule has 2 rings (SSSR count). The summed E-state index contributed by atoms with van der Waals surface area (Å²) in [6.45, 7) is 2.56. The van der Waals surface area contributed by atoms with Gasteiger partial charge in [0.2, 0.25) is 0 Å². The van der Waals surface area contributed by atoms with Crippen LogP contribution in [0.15, 0.2) is 48.5 Å². The number of carbonyl (C=O) groups is 1. The molecule has 1 atom stereocenters. The molecule has 5 nitrogen and oxygen atoms in total. The molecule has 0 aliphatic carbocycles. The van der Waals surface area contributed by atoms with E-state index in [1.54, 1.807) is 36.4 Å². The Morgan fingerprint density at radius 2 is 1.96 bits per heavy atom. The molecule has 0 aromatic heterocycles. The SMILES string of the molecule is CC(CCO)CNC(=O)Nc1ccc(Oc2cccc(F)c2)cc1. The molecule has 2 amide bonds. The van der Waals surface area contributed by atoms with Gasteiger partial charge in [0.15, 0.2) is 0 Å². The van der Waals surface area contributed by atoms with E-state index < -0.39 is 0 Å². The van der Waals surface area contributed by atoms with Crippen LogP contribution in [0.4, 0.5) is 14.9 Å². The van der Waals surface area contributed by atoms with Gasteiger partial charge in [-0.25, -0.2) is 9.18 Å². The number of aliphatic hydroxyl groups excluding tert-OH is 1. The second-order valence-corrected chi connectivity index (χ2v) is 5.54. The summed E-state index contributed by atoms with van der Waals surface area (Å²) in [6.07, 6.45) is 0.645. The molecule has 0 aliphatic heterocycles. The summed E-state index contributed by atoms with van der Waals surface area (Å²) in [5.74, 6) is 0.801. The summed E-state index contributed by atoms with van der Waals surface area (Å²) in [6, 6.07) is 12.4. The lowest BCUT2D eigenvalue weighted by molar-refractivity contribution is 0.243. The van der Waals surface area contributed by atoms with Gasteiger partial charge >= 0.3 is 6.03 Å². The van der Waals surface area contributed by atoms with E-state index in [1.807, 2.05) is 6.92 Å². The van der Waals surface area contributed by atoms with Crippen LogP contribution in [0.5, 0.6) is 11.5 Å². The van der Waals surface area contributed by atoms with Crippen LogP contribution in [0.2, 0.25) is 0 Å². The molecule has 1 unspecified atom stereocenters. The molecule has 2 aromatic carbocycles. The Morgan fingerprint density at radius 1 is 1.21 bits per heavy atom. The van der Waals surface area contributed by atoms with Crippen molar-refractivity contribution in [3.8, 4) is 11.5 Å². The highest BCUT2D eigenvalue weighted by Crippen LogP contribution is 2.23. The number of rotatable bonds is 7. The molecule has 0 spiro atoms. The van der Waals surface area contributed by atoms with Gasteiger partial charge in [0, 0.05) is 24.9 Å². The summed E-state index contributed by atoms with van der Waals surface area (Å²) >= 11 is 0. The minimum Gasteiger partial charge on any atom is -0.457 e. The first-order valence-electron chi connectivity index (χ1n) is 7.76. The van der Waals surface area contributed by atoms with Crippen molar-refractivity contribution in [3.05, 3.63) is 54.3 Å². The second kappa shape index (κ2) is 8.88. The fourth-order valence-corrected chi connectivity index (χ4v) is 2.04. The quantitative estimate of drug-likeness (QED) is 0.723. The third-order valence-electron chi connectivity index (χ3n) is 3.38.